The van der Waals surface area contributed by atoms with Crippen LogP contribution in [-0.4, -0.2) is 37.7 Å². The number of benzene rings is 2. The van der Waals surface area contributed by atoms with Gasteiger partial charge in [-0.15, -0.1) is 0 Å². The third-order valence-electron chi connectivity index (χ3n) is 3.46. The van der Waals surface area contributed by atoms with Gasteiger partial charge in [-0.2, -0.15) is 0 Å². The molecule has 0 aliphatic heterocycles. The molecule has 3 rings (SSSR count). The average molecular weight is 361 g/mol. The molecule has 0 unspecified atom stereocenters. The number of hydrogen-bond acceptors (Lipinski definition) is 7. The molecule has 9 nitrogen and oxygen atoms in total. The molecule has 4 N–H and O–H groups in total. The number of nitrogens with zero attached hydrogens (tertiary/aromatic N) is 2. The highest BCUT2D eigenvalue weighted by atomic mass is 32.2. The van der Waals surface area contributed by atoms with E-state index < -0.39 is 15.9 Å². The van der Waals surface area contributed by atoms with Gasteiger partial charge in [0.2, 0.25) is 21.5 Å². The topological polar surface area (TPSA) is 140 Å². The number of anilines is 1. The molecule has 3 aromatic rings. The van der Waals surface area contributed by atoms with Crippen LogP contribution < -0.4 is 15.8 Å². The second-order valence-corrected chi connectivity index (χ2v) is 6.93. The van der Waals surface area contributed by atoms with Crippen molar-refractivity contribution in [3.05, 3.63) is 48.2 Å². The molecule has 0 atom stereocenters. The van der Waals surface area contributed by atoms with E-state index >= 15 is 0 Å². The van der Waals surface area contributed by atoms with E-state index in [1.54, 1.807) is 12.1 Å². The van der Waals surface area contributed by atoms with E-state index in [0.29, 0.717) is 0 Å². The number of fused-ring (bicyclic) bond motifs is 1. The Labute approximate surface area is 143 Å². The van der Waals surface area contributed by atoms with Crippen molar-refractivity contribution >= 4 is 32.5 Å². The van der Waals surface area contributed by atoms with Crippen molar-refractivity contribution < 1.29 is 17.8 Å². The third-order valence-corrected chi connectivity index (χ3v) is 4.92. The van der Waals surface area contributed by atoms with Crippen molar-refractivity contribution in [2.45, 2.75) is 4.90 Å². The molecule has 130 valence electrons. The van der Waals surface area contributed by atoms with Crippen LogP contribution in [0.25, 0.3) is 10.8 Å². The lowest BCUT2D eigenvalue weighted by atomic mass is 10.1. The van der Waals surface area contributed by atoms with E-state index in [4.69, 9.17) is 5.73 Å². The van der Waals surface area contributed by atoms with E-state index in [1.165, 1.54) is 6.07 Å². The highest BCUT2D eigenvalue weighted by Crippen LogP contribution is 2.18. The normalized spacial score (nSPS) is 11.5. The SMILES string of the molecule is Nc1nonc1C(=O)NCCNS(=O)(=O)c1ccc2ccccc2c1. The molecular formula is C15H15N5O4S. The van der Waals surface area contributed by atoms with Gasteiger partial charge in [0.05, 0.1) is 4.90 Å². The quantitative estimate of drug-likeness (QED) is 0.543. The largest absolute Gasteiger partial charge is 0.379 e. The Morgan fingerprint density at radius 3 is 2.56 bits per heavy atom. The molecule has 1 heterocycles. The number of amides is 1. The lowest BCUT2D eigenvalue weighted by molar-refractivity contribution is 0.0945. The molecular weight excluding hydrogens is 346 g/mol. The summed E-state index contributed by atoms with van der Waals surface area (Å²) in [5, 5.41) is 10.9. The number of nitrogens with one attached hydrogen (secondary N) is 2. The monoisotopic (exact) mass is 361 g/mol. The van der Waals surface area contributed by atoms with Crippen LogP contribution in [0.2, 0.25) is 0 Å². The number of aromatic nitrogens is 2. The fraction of sp³-hybridized carbons (Fsp3) is 0.133. The zero-order valence-electron chi connectivity index (χ0n) is 13.0. The van der Waals surface area contributed by atoms with Gasteiger partial charge >= 0.3 is 0 Å². The van der Waals surface area contributed by atoms with E-state index in [9.17, 15) is 13.2 Å². The van der Waals surface area contributed by atoms with E-state index in [-0.39, 0.29) is 29.5 Å². The number of hydrogen-bond donors (Lipinski definition) is 3. The van der Waals surface area contributed by atoms with Crippen molar-refractivity contribution in [2.75, 3.05) is 18.8 Å². The van der Waals surface area contributed by atoms with Gasteiger partial charge in [0.1, 0.15) is 0 Å². The molecule has 25 heavy (non-hydrogen) atoms. The van der Waals surface area contributed by atoms with Crippen LogP contribution in [0.1, 0.15) is 10.5 Å². The van der Waals surface area contributed by atoms with E-state index in [0.717, 1.165) is 10.8 Å². The van der Waals surface area contributed by atoms with Crippen LogP contribution in [0, 0.1) is 0 Å². The maximum absolute atomic E-state index is 12.3. The average Bonchev–Trinajstić information content (AvgIpc) is 3.04. The van der Waals surface area contributed by atoms with Gasteiger partial charge in [0, 0.05) is 13.1 Å². The molecule has 0 aliphatic carbocycles. The van der Waals surface area contributed by atoms with E-state index in [2.05, 4.69) is 25.0 Å². The highest BCUT2D eigenvalue weighted by Gasteiger charge is 2.17. The lowest BCUT2D eigenvalue weighted by Crippen LogP contribution is -2.35. The molecule has 0 saturated heterocycles. The minimum absolute atomic E-state index is 0.00604. The standard InChI is InChI=1S/C15H15N5O4S/c16-14-13(19-24-20-14)15(21)17-7-8-18-25(22,23)12-6-5-10-3-1-2-4-11(10)9-12/h1-6,9,18H,7-8H2,(H2,16,20)(H,17,21). The molecule has 0 saturated carbocycles. The Morgan fingerprint density at radius 2 is 1.84 bits per heavy atom. The number of rotatable bonds is 6. The first-order valence-electron chi connectivity index (χ1n) is 7.32. The van der Waals surface area contributed by atoms with Crippen LogP contribution in [0.15, 0.2) is 52.0 Å². The number of sulfonamides is 1. The zero-order chi connectivity index (χ0) is 17.9. The Kier molecular flexibility index (Phi) is 4.63. The fourth-order valence-corrected chi connectivity index (χ4v) is 3.28. The number of nitrogen functional groups attached to an aromatic ring is 1. The van der Waals surface area contributed by atoms with Crippen LogP contribution >= 0.6 is 0 Å². The van der Waals surface area contributed by atoms with Crippen molar-refractivity contribution in [3.8, 4) is 0 Å². The van der Waals surface area contributed by atoms with Gasteiger partial charge in [-0.1, -0.05) is 30.3 Å². The number of carbonyl (C=O) groups is 1. The molecule has 1 amide bonds. The van der Waals surface area contributed by atoms with Crippen molar-refractivity contribution in [2.24, 2.45) is 0 Å². The second-order valence-electron chi connectivity index (χ2n) is 5.16. The van der Waals surface area contributed by atoms with Crippen LogP contribution in [0.3, 0.4) is 0 Å². The summed E-state index contributed by atoms with van der Waals surface area (Å²) in [6.07, 6.45) is 0. The molecule has 1 aromatic heterocycles. The molecule has 0 radical (unpaired) electrons. The summed E-state index contributed by atoms with van der Waals surface area (Å²) in [6, 6.07) is 12.3. The van der Waals surface area contributed by atoms with Crippen LogP contribution in [-0.2, 0) is 10.0 Å². The molecule has 0 bridgehead atoms. The third kappa shape index (κ3) is 3.75. The zero-order valence-corrected chi connectivity index (χ0v) is 13.8. The van der Waals surface area contributed by atoms with Crippen molar-refractivity contribution in [3.63, 3.8) is 0 Å². The Hall–Kier alpha value is -2.98. The van der Waals surface area contributed by atoms with E-state index in [1.807, 2.05) is 24.3 Å². The molecule has 10 heteroatoms. The van der Waals surface area contributed by atoms with Gasteiger partial charge in [-0.05, 0) is 33.2 Å². The predicted molar refractivity (Wildman–Crippen MR) is 90.2 cm³/mol. The maximum Gasteiger partial charge on any atom is 0.277 e. The summed E-state index contributed by atoms with van der Waals surface area (Å²) < 4.78 is 31.4. The molecule has 0 spiro atoms. The summed E-state index contributed by atoms with van der Waals surface area (Å²) in [6.45, 7) is 0.0596. The molecule has 0 fully saturated rings. The fourth-order valence-electron chi connectivity index (χ4n) is 2.22. The van der Waals surface area contributed by atoms with Gasteiger partial charge in [-0.3, -0.25) is 4.79 Å². The van der Waals surface area contributed by atoms with Gasteiger partial charge in [-0.25, -0.2) is 17.8 Å². The Bertz CT molecular complexity index is 1020. The summed E-state index contributed by atoms with van der Waals surface area (Å²) in [5.74, 6) is -0.724. The Balaban J connectivity index is 1.59. The summed E-state index contributed by atoms with van der Waals surface area (Å²) >= 11 is 0. The minimum atomic E-state index is -3.68. The number of nitrogens with two attached hydrogens (primary N) is 1. The predicted octanol–water partition coefficient (Wildman–Crippen LogP) is 0.513. The smallest absolute Gasteiger partial charge is 0.277 e. The summed E-state index contributed by atoms with van der Waals surface area (Å²) in [7, 11) is -3.68. The molecule has 0 aliphatic rings. The van der Waals surface area contributed by atoms with Gasteiger partial charge in [0.25, 0.3) is 5.91 Å². The summed E-state index contributed by atoms with van der Waals surface area (Å²) in [4.78, 5) is 11.9. The van der Waals surface area contributed by atoms with Crippen molar-refractivity contribution in [1.82, 2.24) is 20.4 Å². The molecule has 2 aromatic carbocycles. The van der Waals surface area contributed by atoms with Crippen LogP contribution in [0.4, 0.5) is 5.82 Å². The maximum atomic E-state index is 12.3. The van der Waals surface area contributed by atoms with Gasteiger partial charge < -0.3 is 11.1 Å². The first-order valence-corrected chi connectivity index (χ1v) is 8.80. The second kappa shape index (κ2) is 6.87. The number of carbonyl (C=O) groups excluding carboxylic acids is 1. The first-order chi connectivity index (χ1) is 12.0. The van der Waals surface area contributed by atoms with Crippen molar-refractivity contribution in [1.29, 1.82) is 0 Å². The highest BCUT2D eigenvalue weighted by molar-refractivity contribution is 7.89. The lowest BCUT2D eigenvalue weighted by Gasteiger charge is -2.08. The first kappa shape index (κ1) is 16.9. The summed E-state index contributed by atoms with van der Waals surface area (Å²) in [5.41, 5.74) is 5.26. The van der Waals surface area contributed by atoms with Crippen LogP contribution in [0.5, 0.6) is 0 Å². The minimum Gasteiger partial charge on any atom is -0.379 e. The Morgan fingerprint density at radius 1 is 1.08 bits per heavy atom. The van der Waals surface area contributed by atoms with Gasteiger partial charge in [0.15, 0.2) is 0 Å².